The summed E-state index contributed by atoms with van der Waals surface area (Å²) < 4.78 is 0. The first-order valence-electron chi connectivity index (χ1n) is 9.68. The number of hydrogen-bond acceptors (Lipinski definition) is 3. The largest absolute Gasteiger partial charge is 0.317 e. The monoisotopic (exact) mass is 434 g/mol. The van der Waals surface area contributed by atoms with E-state index in [2.05, 4.69) is 56.6 Å². The van der Waals surface area contributed by atoms with E-state index in [0.29, 0.717) is 5.92 Å². The number of nitrogens with zero attached hydrogens (tertiary/aromatic N) is 1. The number of fused-ring (bicyclic) bond motifs is 1. The topological polar surface area (TPSA) is 24.9 Å². The molecule has 0 radical (unpaired) electrons. The quantitative estimate of drug-likeness (QED) is 0.607. The summed E-state index contributed by atoms with van der Waals surface area (Å²) in [4.78, 5) is 5.03. The van der Waals surface area contributed by atoms with E-state index >= 15 is 0 Å². The van der Waals surface area contributed by atoms with Gasteiger partial charge < -0.3 is 5.32 Å². The lowest BCUT2D eigenvalue weighted by atomic mass is 9.63. The standard InChI is InChI=1S/C22H30N2S.BrH/c1-21(2)9-10-22(3,4)18-13-16(5-6-17(18)21)20-24-19(14-25-20)15-7-11-23-12-8-15;/h5-6,13-15,23H,7-12H2,1-4H3;1H. The molecule has 2 aliphatic rings. The summed E-state index contributed by atoms with van der Waals surface area (Å²) in [5, 5.41) is 6.93. The molecule has 1 aromatic heterocycles. The first-order chi connectivity index (χ1) is 11.9. The SMILES string of the molecule is Br.CC1(C)CCC(C)(C)c2cc(-c3nc(C4CCNCC4)cs3)ccc21. The molecular formula is C22H31BrN2S. The van der Waals surface area contributed by atoms with Crippen LogP contribution >= 0.6 is 28.3 Å². The molecule has 2 heterocycles. The van der Waals surface area contributed by atoms with Crippen LogP contribution in [-0.2, 0) is 10.8 Å². The van der Waals surface area contributed by atoms with E-state index in [0.717, 1.165) is 13.1 Å². The minimum absolute atomic E-state index is 0. The molecule has 26 heavy (non-hydrogen) atoms. The molecule has 0 spiro atoms. The highest BCUT2D eigenvalue weighted by molar-refractivity contribution is 8.93. The Labute approximate surface area is 172 Å². The zero-order chi connectivity index (χ0) is 17.7. The van der Waals surface area contributed by atoms with Crippen LogP contribution in [0.2, 0.25) is 0 Å². The Morgan fingerprint density at radius 3 is 2.35 bits per heavy atom. The molecule has 1 N–H and O–H groups in total. The van der Waals surface area contributed by atoms with Crippen LogP contribution < -0.4 is 5.32 Å². The van der Waals surface area contributed by atoms with E-state index < -0.39 is 0 Å². The maximum absolute atomic E-state index is 5.03. The van der Waals surface area contributed by atoms with E-state index in [1.165, 1.54) is 53.1 Å². The van der Waals surface area contributed by atoms with Gasteiger partial charge in [0.05, 0.1) is 5.69 Å². The predicted molar refractivity (Wildman–Crippen MR) is 118 cm³/mol. The molecule has 142 valence electrons. The number of aromatic nitrogens is 1. The van der Waals surface area contributed by atoms with Crippen LogP contribution in [0.15, 0.2) is 23.6 Å². The summed E-state index contributed by atoms with van der Waals surface area (Å²) in [6.45, 7) is 11.8. The van der Waals surface area contributed by atoms with Crippen LogP contribution in [0.1, 0.15) is 76.1 Å². The molecule has 0 bridgehead atoms. The predicted octanol–water partition coefficient (Wildman–Crippen LogP) is 6.20. The molecule has 1 saturated heterocycles. The second-order valence-electron chi connectivity index (χ2n) is 9.13. The first-order valence-corrected chi connectivity index (χ1v) is 10.6. The Kier molecular flexibility index (Phi) is 5.68. The van der Waals surface area contributed by atoms with Crippen molar-refractivity contribution in [2.45, 2.75) is 70.1 Å². The lowest BCUT2D eigenvalue weighted by Crippen LogP contribution is -2.33. The molecule has 0 amide bonds. The van der Waals surface area contributed by atoms with Crippen LogP contribution in [-0.4, -0.2) is 18.1 Å². The number of benzene rings is 1. The van der Waals surface area contributed by atoms with E-state index in [-0.39, 0.29) is 27.8 Å². The molecule has 0 unspecified atom stereocenters. The fraction of sp³-hybridized carbons (Fsp3) is 0.591. The van der Waals surface area contributed by atoms with Crippen molar-refractivity contribution in [3.05, 3.63) is 40.4 Å². The fourth-order valence-corrected chi connectivity index (χ4v) is 5.34. The number of halogens is 1. The van der Waals surface area contributed by atoms with Gasteiger partial charge in [-0.3, -0.25) is 0 Å². The van der Waals surface area contributed by atoms with Gasteiger partial charge in [0.1, 0.15) is 5.01 Å². The number of piperidine rings is 1. The fourth-order valence-electron chi connectivity index (χ4n) is 4.45. The van der Waals surface area contributed by atoms with Crippen molar-refractivity contribution in [3.8, 4) is 10.6 Å². The molecule has 2 aromatic rings. The van der Waals surface area contributed by atoms with Crippen molar-refractivity contribution in [1.29, 1.82) is 0 Å². The lowest BCUT2D eigenvalue weighted by molar-refractivity contribution is 0.332. The van der Waals surface area contributed by atoms with Gasteiger partial charge in [0.15, 0.2) is 0 Å². The van der Waals surface area contributed by atoms with Crippen LogP contribution in [0.5, 0.6) is 0 Å². The van der Waals surface area contributed by atoms with Gasteiger partial charge in [0.25, 0.3) is 0 Å². The summed E-state index contributed by atoms with van der Waals surface area (Å²) in [5.74, 6) is 0.638. The summed E-state index contributed by atoms with van der Waals surface area (Å²) in [6.07, 6.45) is 4.96. The Hall–Kier alpha value is -0.710. The van der Waals surface area contributed by atoms with Gasteiger partial charge in [-0.05, 0) is 66.8 Å². The van der Waals surface area contributed by atoms with Crippen LogP contribution in [0, 0.1) is 0 Å². The van der Waals surface area contributed by atoms with Crippen LogP contribution in [0.4, 0.5) is 0 Å². The average molecular weight is 435 g/mol. The van der Waals surface area contributed by atoms with E-state index in [1.807, 2.05) is 11.3 Å². The minimum Gasteiger partial charge on any atom is -0.317 e. The molecule has 2 nitrogen and oxygen atoms in total. The zero-order valence-corrected chi connectivity index (χ0v) is 18.9. The molecule has 1 aromatic carbocycles. The summed E-state index contributed by atoms with van der Waals surface area (Å²) >= 11 is 1.82. The number of hydrogen-bond donors (Lipinski definition) is 1. The normalized spacial score (nSPS) is 21.7. The van der Waals surface area contributed by atoms with Crippen LogP contribution in [0.25, 0.3) is 10.6 Å². The molecule has 4 heteroatoms. The summed E-state index contributed by atoms with van der Waals surface area (Å²) in [7, 11) is 0. The van der Waals surface area contributed by atoms with Gasteiger partial charge in [-0.1, -0.05) is 39.8 Å². The average Bonchev–Trinajstić information content (AvgIpc) is 3.10. The first kappa shape index (κ1) is 20.0. The Balaban J connectivity index is 0.00000196. The molecule has 1 fully saturated rings. The maximum atomic E-state index is 5.03. The van der Waals surface area contributed by atoms with Crippen molar-refractivity contribution in [3.63, 3.8) is 0 Å². The highest BCUT2D eigenvalue weighted by Crippen LogP contribution is 2.47. The number of nitrogens with one attached hydrogen (secondary N) is 1. The third-order valence-corrected chi connectivity index (χ3v) is 7.29. The third-order valence-electron chi connectivity index (χ3n) is 6.38. The van der Waals surface area contributed by atoms with Crippen molar-refractivity contribution in [2.75, 3.05) is 13.1 Å². The van der Waals surface area contributed by atoms with E-state index in [4.69, 9.17) is 4.98 Å². The van der Waals surface area contributed by atoms with Crippen molar-refractivity contribution < 1.29 is 0 Å². The number of rotatable bonds is 2. The van der Waals surface area contributed by atoms with Gasteiger partial charge in [0.2, 0.25) is 0 Å². The molecule has 0 atom stereocenters. The van der Waals surface area contributed by atoms with Gasteiger partial charge in [-0.2, -0.15) is 0 Å². The summed E-state index contributed by atoms with van der Waals surface area (Å²) in [5.41, 5.74) is 6.21. The maximum Gasteiger partial charge on any atom is 0.123 e. The smallest absolute Gasteiger partial charge is 0.123 e. The van der Waals surface area contributed by atoms with Gasteiger partial charge in [-0.25, -0.2) is 4.98 Å². The Morgan fingerprint density at radius 2 is 1.65 bits per heavy atom. The van der Waals surface area contributed by atoms with Gasteiger partial charge >= 0.3 is 0 Å². The third kappa shape index (κ3) is 3.65. The Bertz CT molecular complexity index is 772. The highest BCUT2D eigenvalue weighted by Gasteiger charge is 2.37. The van der Waals surface area contributed by atoms with Crippen LogP contribution in [0.3, 0.4) is 0 Å². The van der Waals surface area contributed by atoms with Gasteiger partial charge in [-0.15, -0.1) is 28.3 Å². The minimum atomic E-state index is 0. The number of thiazole rings is 1. The van der Waals surface area contributed by atoms with E-state index in [1.54, 1.807) is 0 Å². The van der Waals surface area contributed by atoms with Crippen molar-refractivity contribution in [2.24, 2.45) is 0 Å². The second-order valence-corrected chi connectivity index (χ2v) is 9.99. The zero-order valence-electron chi connectivity index (χ0n) is 16.4. The molecule has 1 aliphatic heterocycles. The highest BCUT2D eigenvalue weighted by atomic mass is 79.9. The molecule has 1 aliphatic carbocycles. The Morgan fingerprint density at radius 1 is 1.00 bits per heavy atom. The summed E-state index contributed by atoms with van der Waals surface area (Å²) in [6, 6.07) is 7.10. The van der Waals surface area contributed by atoms with Crippen molar-refractivity contribution >= 4 is 28.3 Å². The lowest BCUT2D eigenvalue weighted by Gasteiger charge is -2.42. The van der Waals surface area contributed by atoms with E-state index in [9.17, 15) is 0 Å². The molecular weight excluding hydrogens is 404 g/mol. The van der Waals surface area contributed by atoms with Gasteiger partial charge in [0, 0.05) is 16.9 Å². The second kappa shape index (κ2) is 7.37. The molecule has 0 saturated carbocycles. The molecule has 4 rings (SSSR count). The van der Waals surface area contributed by atoms with Crippen molar-refractivity contribution in [1.82, 2.24) is 10.3 Å².